The largest absolute Gasteiger partial charge is 0.393 e. The summed E-state index contributed by atoms with van der Waals surface area (Å²) in [5, 5.41) is 15.2. The van der Waals surface area contributed by atoms with Gasteiger partial charge >= 0.3 is 6.03 Å². The van der Waals surface area contributed by atoms with Crippen LogP contribution < -0.4 is 10.6 Å². The summed E-state index contributed by atoms with van der Waals surface area (Å²) < 4.78 is 0. The molecule has 1 atom stereocenters. The molecular formula is C15H24N2O2S. The Morgan fingerprint density at radius 1 is 1.35 bits per heavy atom. The maximum atomic E-state index is 11.7. The highest BCUT2D eigenvalue weighted by atomic mass is 32.2. The minimum absolute atomic E-state index is 0.237. The summed E-state index contributed by atoms with van der Waals surface area (Å²) >= 11 is 1.87. The molecule has 0 aliphatic heterocycles. The second-order valence-corrected chi connectivity index (χ2v) is 6.64. The number of urea groups is 1. The van der Waals surface area contributed by atoms with Crippen molar-refractivity contribution in [1.82, 2.24) is 5.32 Å². The molecule has 1 rings (SSSR count). The number of carbonyl (C=O) groups is 1. The monoisotopic (exact) mass is 296 g/mol. The maximum Gasteiger partial charge on any atom is 0.319 e. The molecule has 1 unspecified atom stereocenters. The van der Waals surface area contributed by atoms with Crippen molar-refractivity contribution in [2.24, 2.45) is 0 Å². The maximum absolute atomic E-state index is 11.7. The lowest BCUT2D eigenvalue weighted by Gasteiger charge is -2.10. The average Bonchev–Trinajstić information content (AvgIpc) is 2.36. The summed E-state index contributed by atoms with van der Waals surface area (Å²) in [5.74, 6) is 0.941. The van der Waals surface area contributed by atoms with Crippen LogP contribution in [0.15, 0.2) is 24.3 Å². The molecule has 0 heterocycles. The highest BCUT2D eigenvalue weighted by Gasteiger charge is 2.04. The van der Waals surface area contributed by atoms with Crippen LogP contribution in [0.2, 0.25) is 0 Å². The third-order valence-corrected chi connectivity index (χ3v) is 3.78. The number of carbonyl (C=O) groups excluding carboxylic acids is 1. The van der Waals surface area contributed by atoms with E-state index in [0.29, 0.717) is 18.2 Å². The number of rotatable bonds is 7. The van der Waals surface area contributed by atoms with E-state index in [4.69, 9.17) is 5.11 Å². The van der Waals surface area contributed by atoms with E-state index in [9.17, 15) is 4.79 Å². The van der Waals surface area contributed by atoms with Gasteiger partial charge in [-0.15, -0.1) is 0 Å². The minimum Gasteiger partial charge on any atom is -0.393 e. The van der Waals surface area contributed by atoms with Crippen molar-refractivity contribution in [3.8, 4) is 0 Å². The fourth-order valence-corrected chi connectivity index (χ4v) is 2.28. The molecule has 0 aliphatic carbocycles. The summed E-state index contributed by atoms with van der Waals surface area (Å²) in [4.78, 5) is 11.7. The first kappa shape index (κ1) is 16.9. The van der Waals surface area contributed by atoms with E-state index in [1.807, 2.05) is 30.0 Å². The van der Waals surface area contributed by atoms with Crippen molar-refractivity contribution in [1.29, 1.82) is 0 Å². The zero-order chi connectivity index (χ0) is 15.0. The predicted molar refractivity (Wildman–Crippen MR) is 86.2 cm³/mol. The van der Waals surface area contributed by atoms with Gasteiger partial charge in [0, 0.05) is 18.0 Å². The molecule has 1 aromatic carbocycles. The molecule has 1 aromatic rings. The van der Waals surface area contributed by atoms with E-state index in [1.165, 1.54) is 5.56 Å². The molecule has 0 bridgehead atoms. The highest BCUT2D eigenvalue weighted by molar-refractivity contribution is 7.99. The molecule has 5 heteroatoms. The van der Waals surface area contributed by atoms with E-state index in [1.54, 1.807) is 6.92 Å². The Bertz CT molecular complexity index is 422. The first-order valence-corrected chi connectivity index (χ1v) is 7.95. The van der Waals surface area contributed by atoms with Crippen LogP contribution in [0.25, 0.3) is 0 Å². The molecule has 112 valence electrons. The van der Waals surface area contributed by atoms with Crippen LogP contribution in [-0.2, 0) is 5.75 Å². The van der Waals surface area contributed by atoms with Crippen molar-refractivity contribution < 1.29 is 9.90 Å². The van der Waals surface area contributed by atoms with Gasteiger partial charge in [0.1, 0.15) is 0 Å². The third kappa shape index (κ3) is 7.40. The molecule has 0 saturated heterocycles. The molecular weight excluding hydrogens is 272 g/mol. The molecule has 0 saturated carbocycles. The van der Waals surface area contributed by atoms with Gasteiger partial charge in [-0.25, -0.2) is 4.79 Å². The minimum atomic E-state index is -0.397. The predicted octanol–water partition coefficient (Wildman–Crippen LogP) is 3.22. The van der Waals surface area contributed by atoms with Gasteiger partial charge in [-0.2, -0.15) is 11.8 Å². The number of nitrogens with one attached hydrogen (secondary N) is 2. The SMILES string of the molecule is CC(O)CCNC(=O)Nc1cccc(CSC(C)C)c1. The van der Waals surface area contributed by atoms with Gasteiger partial charge in [-0.3, -0.25) is 0 Å². The van der Waals surface area contributed by atoms with Gasteiger partial charge in [-0.05, 0) is 36.3 Å². The topological polar surface area (TPSA) is 61.4 Å². The Morgan fingerprint density at radius 3 is 2.75 bits per heavy atom. The van der Waals surface area contributed by atoms with Crippen molar-refractivity contribution in [3.05, 3.63) is 29.8 Å². The molecule has 0 fully saturated rings. The number of hydrogen-bond acceptors (Lipinski definition) is 3. The summed E-state index contributed by atoms with van der Waals surface area (Å²) in [6.45, 7) is 6.51. The van der Waals surface area contributed by atoms with Crippen molar-refractivity contribution in [2.45, 2.75) is 44.3 Å². The molecule has 3 N–H and O–H groups in total. The van der Waals surface area contributed by atoms with E-state index in [-0.39, 0.29) is 6.03 Å². The van der Waals surface area contributed by atoms with E-state index < -0.39 is 6.10 Å². The fourth-order valence-electron chi connectivity index (χ4n) is 1.57. The van der Waals surface area contributed by atoms with Crippen molar-refractivity contribution in [3.63, 3.8) is 0 Å². The number of benzene rings is 1. The van der Waals surface area contributed by atoms with Gasteiger partial charge in [0.05, 0.1) is 6.10 Å². The Kier molecular flexibility index (Phi) is 7.47. The first-order valence-electron chi connectivity index (χ1n) is 6.91. The molecule has 0 aromatic heterocycles. The number of aliphatic hydroxyl groups is 1. The van der Waals surface area contributed by atoms with Crippen LogP contribution in [0.5, 0.6) is 0 Å². The lowest BCUT2D eigenvalue weighted by Crippen LogP contribution is -2.30. The molecule has 0 radical (unpaired) electrons. The average molecular weight is 296 g/mol. The first-order chi connectivity index (χ1) is 9.47. The molecule has 0 spiro atoms. The summed E-state index contributed by atoms with van der Waals surface area (Å²) in [7, 11) is 0. The number of amides is 2. The zero-order valence-electron chi connectivity index (χ0n) is 12.3. The third-order valence-electron chi connectivity index (χ3n) is 2.62. The lowest BCUT2D eigenvalue weighted by molar-refractivity contribution is 0.184. The Hall–Kier alpha value is -1.20. The number of anilines is 1. The van der Waals surface area contributed by atoms with Crippen LogP contribution in [0.4, 0.5) is 10.5 Å². The Morgan fingerprint density at radius 2 is 2.10 bits per heavy atom. The quantitative estimate of drug-likeness (QED) is 0.724. The number of thioether (sulfide) groups is 1. The smallest absolute Gasteiger partial charge is 0.319 e. The summed E-state index contributed by atoms with van der Waals surface area (Å²) in [6, 6.07) is 7.63. The number of aliphatic hydroxyl groups excluding tert-OH is 1. The molecule has 0 aliphatic rings. The van der Waals surface area contributed by atoms with Crippen molar-refractivity contribution >= 4 is 23.5 Å². The Balaban J connectivity index is 2.42. The molecule has 2 amide bonds. The lowest BCUT2D eigenvalue weighted by atomic mass is 10.2. The van der Waals surface area contributed by atoms with Gasteiger partial charge in [0.15, 0.2) is 0 Å². The fraction of sp³-hybridized carbons (Fsp3) is 0.533. The van der Waals surface area contributed by atoms with Gasteiger partial charge in [-0.1, -0.05) is 26.0 Å². The van der Waals surface area contributed by atoms with E-state index in [0.717, 1.165) is 11.4 Å². The second-order valence-electron chi connectivity index (χ2n) is 5.08. The van der Waals surface area contributed by atoms with Crippen LogP contribution in [0.3, 0.4) is 0 Å². The molecule has 20 heavy (non-hydrogen) atoms. The van der Waals surface area contributed by atoms with Crippen LogP contribution >= 0.6 is 11.8 Å². The van der Waals surface area contributed by atoms with E-state index >= 15 is 0 Å². The Labute approximate surface area is 125 Å². The van der Waals surface area contributed by atoms with Crippen molar-refractivity contribution in [2.75, 3.05) is 11.9 Å². The van der Waals surface area contributed by atoms with Gasteiger partial charge in [0.25, 0.3) is 0 Å². The van der Waals surface area contributed by atoms with Crippen LogP contribution in [-0.4, -0.2) is 29.0 Å². The standard InChI is InChI=1S/C15H24N2O2S/c1-11(2)20-10-13-5-4-6-14(9-13)17-15(19)16-8-7-12(3)18/h4-6,9,11-12,18H,7-8,10H2,1-3H3,(H2,16,17,19). The molecule has 4 nitrogen and oxygen atoms in total. The van der Waals surface area contributed by atoms with Gasteiger partial charge in [0.2, 0.25) is 0 Å². The van der Waals surface area contributed by atoms with Gasteiger partial charge < -0.3 is 15.7 Å². The normalized spacial score (nSPS) is 12.2. The highest BCUT2D eigenvalue weighted by Crippen LogP contribution is 2.19. The second kappa shape index (κ2) is 8.87. The number of hydrogen-bond donors (Lipinski definition) is 3. The summed E-state index contributed by atoms with van der Waals surface area (Å²) in [5.41, 5.74) is 1.99. The zero-order valence-corrected chi connectivity index (χ0v) is 13.2. The van der Waals surface area contributed by atoms with Crippen LogP contribution in [0.1, 0.15) is 32.8 Å². The van der Waals surface area contributed by atoms with Crippen LogP contribution in [0, 0.1) is 0 Å². The summed E-state index contributed by atoms with van der Waals surface area (Å²) in [6.07, 6.45) is 0.157. The van der Waals surface area contributed by atoms with E-state index in [2.05, 4.69) is 30.5 Å².